The molecule has 0 spiro atoms. The summed E-state index contributed by atoms with van der Waals surface area (Å²) in [4.78, 5) is 8.51. The zero-order valence-corrected chi connectivity index (χ0v) is 9.08. The van der Waals surface area contributed by atoms with Crippen molar-refractivity contribution in [3.05, 3.63) is 21.8 Å². The van der Waals surface area contributed by atoms with Crippen LogP contribution in [0.5, 0.6) is 0 Å². The highest BCUT2D eigenvalue weighted by molar-refractivity contribution is 14.1. The van der Waals surface area contributed by atoms with Crippen molar-refractivity contribution in [3.63, 3.8) is 0 Å². The summed E-state index contributed by atoms with van der Waals surface area (Å²) in [6, 6.07) is 1.90. The lowest BCUT2D eigenvalue weighted by atomic mass is 9.96. The number of rotatable bonds is 0. The quantitative estimate of drug-likeness (QED) is 0.530. The molecule has 60 valence electrons. The molecule has 3 heteroatoms. The Hall–Kier alpha value is -0.190. The van der Waals surface area contributed by atoms with Crippen molar-refractivity contribution in [1.29, 1.82) is 0 Å². The SMILES string of the molecule is CC(C)(C)c1nccc(I)n1. The molecule has 0 aliphatic heterocycles. The summed E-state index contributed by atoms with van der Waals surface area (Å²) in [5.74, 6) is 0.907. The van der Waals surface area contributed by atoms with Crippen molar-refractivity contribution in [3.8, 4) is 0 Å². The minimum absolute atomic E-state index is 0.0567. The largest absolute Gasteiger partial charge is 0.241 e. The van der Waals surface area contributed by atoms with E-state index in [0.29, 0.717) is 0 Å². The standard InChI is InChI=1S/C8H11IN2/c1-8(2,3)7-10-5-4-6(9)11-7/h4-5H,1-3H3. The van der Waals surface area contributed by atoms with Crippen LogP contribution >= 0.6 is 22.6 Å². The van der Waals surface area contributed by atoms with Gasteiger partial charge in [-0.3, -0.25) is 0 Å². The highest BCUT2D eigenvalue weighted by Crippen LogP contribution is 2.17. The Bertz CT molecular complexity index is 253. The van der Waals surface area contributed by atoms with Crippen LogP contribution in [0.2, 0.25) is 0 Å². The molecule has 0 unspecified atom stereocenters. The van der Waals surface area contributed by atoms with Crippen LogP contribution in [-0.4, -0.2) is 9.97 Å². The second-order valence-corrected chi connectivity index (χ2v) is 4.56. The second-order valence-electron chi connectivity index (χ2n) is 3.45. The van der Waals surface area contributed by atoms with Crippen LogP contribution in [-0.2, 0) is 5.41 Å². The fourth-order valence-corrected chi connectivity index (χ4v) is 1.09. The van der Waals surface area contributed by atoms with Gasteiger partial charge >= 0.3 is 0 Å². The zero-order valence-electron chi connectivity index (χ0n) is 6.93. The van der Waals surface area contributed by atoms with Gasteiger partial charge in [0.1, 0.15) is 9.53 Å². The molecule has 2 nitrogen and oxygen atoms in total. The molecule has 0 saturated heterocycles. The third-order valence-corrected chi connectivity index (χ3v) is 1.89. The Kier molecular flexibility index (Phi) is 2.47. The van der Waals surface area contributed by atoms with Crippen molar-refractivity contribution in [1.82, 2.24) is 9.97 Å². The van der Waals surface area contributed by atoms with Gasteiger partial charge in [0.25, 0.3) is 0 Å². The van der Waals surface area contributed by atoms with E-state index < -0.39 is 0 Å². The van der Waals surface area contributed by atoms with Crippen LogP contribution in [0.3, 0.4) is 0 Å². The number of hydrogen-bond donors (Lipinski definition) is 0. The number of aromatic nitrogens is 2. The third kappa shape index (κ3) is 2.39. The molecule has 1 aromatic heterocycles. The molecule has 0 aromatic carbocycles. The second kappa shape index (κ2) is 3.05. The van der Waals surface area contributed by atoms with Crippen LogP contribution in [0, 0.1) is 3.70 Å². The molecule has 0 bridgehead atoms. The maximum absolute atomic E-state index is 4.32. The van der Waals surface area contributed by atoms with E-state index in [2.05, 4.69) is 53.3 Å². The average Bonchev–Trinajstić information content (AvgIpc) is 1.86. The van der Waals surface area contributed by atoms with Gasteiger partial charge < -0.3 is 0 Å². The van der Waals surface area contributed by atoms with Gasteiger partial charge in [-0.05, 0) is 28.7 Å². The lowest BCUT2D eigenvalue weighted by Gasteiger charge is -2.15. The first-order valence-corrected chi connectivity index (χ1v) is 4.57. The predicted molar refractivity (Wildman–Crippen MR) is 53.4 cm³/mol. The van der Waals surface area contributed by atoms with E-state index in [-0.39, 0.29) is 5.41 Å². The van der Waals surface area contributed by atoms with Gasteiger partial charge in [-0.1, -0.05) is 20.8 Å². The Balaban J connectivity index is 3.06. The van der Waals surface area contributed by atoms with E-state index in [1.807, 2.05) is 6.07 Å². The highest BCUT2D eigenvalue weighted by Gasteiger charge is 2.16. The molecular formula is C8H11IN2. The van der Waals surface area contributed by atoms with Gasteiger partial charge in [0.15, 0.2) is 0 Å². The summed E-state index contributed by atoms with van der Waals surface area (Å²) in [5, 5.41) is 0. The van der Waals surface area contributed by atoms with E-state index in [9.17, 15) is 0 Å². The lowest BCUT2D eigenvalue weighted by molar-refractivity contribution is 0.543. The Morgan fingerprint density at radius 1 is 1.36 bits per heavy atom. The van der Waals surface area contributed by atoms with Gasteiger partial charge in [-0.25, -0.2) is 9.97 Å². The first-order chi connectivity index (χ1) is 5.00. The lowest BCUT2D eigenvalue weighted by Crippen LogP contribution is -2.16. The summed E-state index contributed by atoms with van der Waals surface area (Å²) < 4.78 is 1.00. The topological polar surface area (TPSA) is 25.8 Å². The van der Waals surface area contributed by atoms with Crippen molar-refractivity contribution in [2.24, 2.45) is 0 Å². The molecule has 0 radical (unpaired) electrons. The Morgan fingerprint density at radius 3 is 2.36 bits per heavy atom. The summed E-state index contributed by atoms with van der Waals surface area (Å²) >= 11 is 2.19. The van der Waals surface area contributed by atoms with Crippen molar-refractivity contribution >= 4 is 22.6 Å². The monoisotopic (exact) mass is 262 g/mol. The van der Waals surface area contributed by atoms with Gasteiger partial charge in [-0.2, -0.15) is 0 Å². The van der Waals surface area contributed by atoms with Gasteiger partial charge in [0, 0.05) is 11.6 Å². The molecule has 1 aromatic rings. The van der Waals surface area contributed by atoms with E-state index in [1.165, 1.54) is 0 Å². The van der Waals surface area contributed by atoms with E-state index >= 15 is 0 Å². The fraction of sp³-hybridized carbons (Fsp3) is 0.500. The normalized spacial score (nSPS) is 11.6. The number of nitrogens with zero attached hydrogens (tertiary/aromatic N) is 2. The molecular weight excluding hydrogens is 251 g/mol. The zero-order chi connectivity index (χ0) is 8.48. The molecule has 0 amide bonds. The first-order valence-electron chi connectivity index (χ1n) is 3.49. The summed E-state index contributed by atoms with van der Waals surface area (Å²) in [5.41, 5.74) is 0.0567. The van der Waals surface area contributed by atoms with Crippen molar-refractivity contribution in [2.75, 3.05) is 0 Å². The third-order valence-electron chi connectivity index (χ3n) is 1.29. The summed E-state index contributed by atoms with van der Waals surface area (Å²) in [7, 11) is 0. The fourth-order valence-electron chi connectivity index (χ4n) is 0.698. The van der Waals surface area contributed by atoms with Crippen LogP contribution in [0.1, 0.15) is 26.6 Å². The molecule has 0 atom stereocenters. The van der Waals surface area contributed by atoms with Gasteiger partial charge in [0.05, 0.1) is 0 Å². The minimum Gasteiger partial charge on any atom is -0.241 e. The van der Waals surface area contributed by atoms with Crippen LogP contribution in [0.4, 0.5) is 0 Å². The summed E-state index contributed by atoms with van der Waals surface area (Å²) in [6.07, 6.45) is 1.80. The number of halogens is 1. The molecule has 11 heavy (non-hydrogen) atoms. The maximum atomic E-state index is 4.32. The first kappa shape index (κ1) is 8.90. The van der Waals surface area contributed by atoms with Gasteiger partial charge in [-0.15, -0.1) is 0 Å². The Morgan fingerprint density at radius 2 is 2.00 bits per heavy atom. The Labute approximate surface area is 80.6 Å². The molecule has 0 fully saturated rings. The van der Waals surface area contributed by atoms with Gasteiger partial charge in [0.2, 0.25) is 0 Å². The van der Waals surface area contributed by atoms with Crippen LogP contribution < -0.4 is 0 Å². The average molecular weight is 262 g/mol. The van der Waals surface area contributed by atoms with E-state index in [1.54, 1.807) is 6.20 Å². The molecule has 1 heterocycles. The van der Waals surface area contributed by atoms with Crippen molar-refractivity contribution < 1.29 is 0 Å². The molecule has 0 N–H and O–H groups in total. The van der Waals surface area contributed by atoms with E-state index in [4.69, 9.17) is 0 Å². The molecule has 1 rings (SSSR count). The van der Waals surface area contributed by atoms with Crippen LogP contribution in [0.15, 0.2) is 12.3 Å². The van der Waals surface area contributed by atoms with Crippen molar-refractivity contribution in [2.45, 2.75) is 26.2 Å². The van der Waals surface area contributed by atoms with Crippen LogP contribution in [0.25, 0.3) is 0 Å². The molecule has 0 aliphatic rings. The summed E-state index contributed by atoms with van der Waals surface area (Å²) in [6.45, 7) is 6.33. The molecule has 0 saturated carbocycles. The predicted octanol–water partition coefficient (Wildman–Crippen LogP) is 2.38. The van der Waals surface area contributed by atoms with E-state index in [0.717, 1.165) is 9.53 Å². The number of hydrogen-bond acceptors (Lipinski definition) is 2. The molecule has 0 aliphatic carbocycles. The maximum Gasteiger partial charge on any atom is 0.134 e. The highest BCUT2D eigenvalue weighted by atomic mass is 127. The minimum atomic E-state index is 0.0567. The smallest absolute Gasteiger partial charge is 0.134 e.